The van der Waals surface area contributed by atoms with E-state index < -0.39 is 0 Å². The van der Waals surface area contributed by atoms with Crippen LogP contribution in [0.3, 0.4) is 0 Å². The van der Waals surface area contributed by atoms with E-state index in [1.54, 1.807) is 0 Å². The lowest BCUT2D eigenvalue weighted by molar-refractivity contribution is 0.661. The number of rotatable bonds is 1. The molecular weight excluding hydrogens is 444 g/mol. The lowest BCUT2D eigenvalue weighted by Gasteiger charge is -2.22. The van der Waals surface area contributed by atoms with Crippen molar-refractivity contribution in [3.8, 4) is 22.3 Å². The van der Waals surface area contributed by atoms with Gasteiger partial charge in [0.25, 0.3) is 0 Å². The van der Waals surface area contributed by atoms with Crippen molar-refractivity contribution in [2.45, 2.75) is 19.3 Å². The van der Waals surface area contributed by atoms with Gasteiger partial charge < -0.3 is 0 Å². The topological polar surface area (TPSA) is 0 Å². The van der Waals surface area contributed by atoms with Crippen LogP contribution >= 0.6 is 0 Å². The quantitative estimate of drug-likeness (QED) is 0.165. The van der Waals surface area contributed by atoms with Crippen LogP contribution < -0.4 is 0 Å². The highest BCUT2D eigenvalue weighted by Gasteiger charge is 2.35. The molecule has 0 fully saturated rings. The zero-order valence-corrected chi connectivity index (χ0v) is 21.0. The Morgan fingerprint density at radius 1 is 0.405 bits per heavy atom. The molecule has 1 aliphatic rings. The van der Waals surface area contributed by atoms with Gasteiger partial charge in [0, 0.05) is 5.41 Å². The third-order valence-electron chi connectivity index (χ3n) is 8.60. The molecule has 0 spiro atoms. The number of hydrogen-bond donors (Lipinski definition) is 0. The molecule has 0 aliphatic heterocycles. The minimum Gasteiger partial charge on any atom is -0.0619 e. The minimum atomic E-state index is 0.00117. The molecule has 37 heavy (non-hydrogen) atoms. The van der Waals surface area contributed by atoms with Crippen LogP contribution in [-0.4, -0.2) is 0 Å². The van der Waals surface area contributed by atoms with Crippen molar-refractivity contribution in [1.29, 1.82) is 0 Å². The smallest absolute Gasteiger partial charge is 0.0159 e. The first-order chi connectivity index (χ1) is 18.1. The molecule has 0 bridgehead atoms. The summed E-state index contributed by atoms with van der Waals surface area (Å²) in [6.45, 7) is 4.72. The van der Waals surface area contributed by atoms with Crippen molar-refractivity contribution in [2.75, 3.05) is 0 Å². The molecule has 1 aliphatic carbocycles. The standard InChI is InChI=1S/C37H26/c1-37(2)34-14-8-7-13-30(34)33-20-24-15-16-26(19-27(24)22-35(33)37)36-29-12-6-4-10-25(29)21-32-28-11-5-3-9-23(28)17-18-31(32)36/h3-22H,1-2H3. The molecule has 0 radical (unpaired) electrons. The third kappa shape index (κ3) is 2.84. The van der Waals surface area contributed by atoms with E-state index in [-0.39, 0.29) is 5.41 Å². The van der Waals surface area contributed by atoms with E-state index in [4.69, 9.17) is 0 Å². The van der Waals surface area contributed by atoms with Gasteiger partial charge in [-0.3, -0.25) is 0 Å². The summed E-state index contributed by atoms with van der Waals surface area (Å²) in [5.74, 6) is 0. The monoisotopic (exact) mass is 470 g/mol. The molecule has 0 saturated heterocycles. The van der Waals surface area contributed by atoms with Crippen molar-refractivity contribution in [3.05, 3.63) is 132 Å². The Hall–Kier alpha value is -4.42. The third-order valence-corrected chi connectivity index (χ3v) is 8.60. The van der Waals surface area contributed by atoms with Crippen molar-refractivity contribution >= 4 is 43.1 Å². The lowest BCUT2D eigenvalue weighted by Crippen LogP contribution is -2.14. The average molecular weight is 471 g/mol. The predicted molar refractivity (Wildman–Crippen MR) is 159 cm³/mol. The van der Waals surface area contributed by atoms with E-state index in [9.17, 15) is 0 Å². The highest BCUT2D eigenvalue weighted by molar-refractivity contribution is 6.20. The van der Waals surface area contributed by atoms with Gasteiger partial charge >= 0.3 is 0 Å². The second-order valence-corrected chi connectivity index (χ2v) is 11.0. The van der Waals surface area contributed by atoms with Crippen molar-refractivity contribution in [1.82, 2.24) is 0 Å². The first-order valence-corrected chi connectivity index (χ1v) is 13.1. The van der Waals surface area contributed by atoms with Crippen LogP contribution in [0, 0.1) is 0 Å². The van der Waals surface area contributed by atoms with E-state index >= 15 is 0 Å². The highest BCUT2D eigenvalue weighted by atomic mass is 14.4. The maximum atomic E-state index is 2.44. The van der Waals surface area contributed by atoms with Crippen LogP contribution in [0.5, 0.6) is 0 Å². The summed E-state index contributed by atoms with van der Waals surface area (Å²) in [5, 5.41) is 10.4. The molecule has 7 aromatic rings. The van der Waals surface area contributed by atoms with Gasteiger partial charge in [-0.2, -0.15) is 0 Å². The van der Waals surface area contributed by atoms with Gasteiger partial charge in [0.2, 0.25) is 0 Å². The molecule has 0 heteroatoms. The van der Waals surface area contributed by atoms with Gasteiger partial charge in [0.05, 0.1) is 0 Å². The Balaban J connectivity index is 1.43. The Bertz CT molecular complexity index is 2060. The first-order valence-electron chi connectivity index (χ1n) is 13.1. The number of hydrogen-bond acceptors (Lipinski definition) is 0. The van der Waals surface area contributed by atoms with Crippen LogP contribution in [0.2, 0.25) is 0 Å². The molecule has 0 unspecified atom stereocenters. The van der Waals surface area contributed by atoms with Gasteiger partial charge in [-0.25, -0.2) is 0 Å². The number of benzene rings is 7. The van der Waals surface area contributed by atoms with Gasteiger partial charge in [-0.1, -0.05) is 111 Å². The molecule has 0 atom stereocenters. The summed E-state index contributed by atoms with van der Waals surface area (Å²) >= 11 is 0. The fourth-order valence-electron chi connectivity index (χ4n) is 6.73. The second kappa shape index (κ2) is 7.31. The summed E-state index contributed by atoms with van der Waals surface area (Å²) in [5.41, 5.74) is 8.20. The first kappa shape index (κ1) is 20.7. The summed E-state index contributed by atoms with van der Waals surface area (Å²) < 4.78 is 0. The summed E-state index contributed by atoms with van der Waals surface area (Å²) in [6, 6.07) is 45.3. The van der Waals surface area contributed by atoms with Crippen LogP contribution in [0.4, 0.5) is 0 Å². The molecule has 0 saturated carbocycles. The van der Waals surface area contributed by atoms with E-state index in [0.717, 1.165) is 0 Å². The van der Waals surface area contributed by atoms with Crippen LogP contribution in [0.1, 0.15) is 25.0 Å². The Kier molecular flexibility index (Phi) is 4.10. The molecule has 0 amide bonds. The Morgan fingerprint density at radius 2 is 1.14 bits per heavy atom. The molecule has 0 aromatic heterocycles. The zero-order valence-electron chi connectivity index (χ0n) is 21.0. The molecular formula is C37H26. The van der Waals surface area contributed by atoms with Gasteiger partial charge in [0.15, 0.2) is 0 Å². The largest absolute Gasteiger partial charge is 0.0619 e. The van der Waals surface area contributed by atoms with E-state index in [2.05, 4.69) is 135 Å². The fraction of sp³-hybridized carbons (Fsp3) is 0.0811. The molecule has 8 rings (SSSR count). The van der Waals surface area contributed by atoms with Gasteiger partial charge in [-0.15, -0.1) is 0 Å². The average Bonchev–Trinajstić information content (AvgIpc) is 3.16. The maximum Gasteiger partial charge on any atom is 0.0159 e. The molecule has 7 aromatic carbocycles. The van der Waals surface area contributed by atoms with Crippen molar-refractivity contribution in [3.63, 3.8) is 0 Å². The summed E-state index contributed by atoms with van der Waals surface area (Å²) in [6.07, 6.45) is 0. The van der Waals surface area contributed by atoms with E-state index in [0.29, 0.717) is 0 Å². The van der Waals surface area contributed by atoms with E-state index in [1.165, 1.54) is 76.5 Å². The van der Waals surface area contributed by atoms with Crippen LogP contribution in [0.25, 0.3) is 65.3 Å². The minimum absolute atomic E-state index is 0.00117. The second-order valence-electron chi connectivity index (χ2n) is 11.0. The van der Waals surface area contributed by atoms with Crippen molar-refractivity contribution in [2.24, 2.45) is 0 Å². The van der Waals surface area contributed by atoms with Gasteiger partial charge in [-0.05, 0) is 101 Å². The zero-order chi connectivity index (χ0) is 24.7. The molecule has 174 valence electrons. The van der Waals surface area contributed by atoms with Crippen LogP contribution in [0.15, 0.2) is 121 Å². The Labute approximate surface area is 216 Å². The van der Waals surface area contributed by atoms with E-state index in [1.807, 2.05) is 0 Å². The Morgan fingerprint density at radius 3 is 2.03 bits per heavy atom. The summed E-state index contributed by atoms with van der Waals surface area (Å²) in [7, 11) is 0. The summed E-state index contributed by atoms with van der Waals surface area (Å²) in [4.78, 5) is 0. The highest BCUT2D eigenvalue weighted by Crippen LogP contribution is 2.50. The van der Waals surface area contributed by atoms with Crippen LogP contribution in [-0.2, 0) is 5.41 Å². The fourth-order valence-corrected chi connectivity index (χ4v) is 6.73. The maximum absolute atomic E-state index is 2.44. The lowest BCUT2D eigenvalue weighted by atomic mass is 9.81. The SMILES string of the molecule is CC1(C)c2ccccc2-c2cc3ccc(-c4c5ccccc5cc5c4ccc4ccccc45)cc3cc21. The molecule has 0 N–H and O–H groups in total. The number of fused-ring (bicyclic) bond motifs is 8. The van der Waals surface area contributed by atoms with Gasteiger partial charge in [0.1, 0.15) is 0 Å². The predicted octanol–water partition coefficient (Wildman–Crippen LogP) is 10.3. The molecule has 0 nitrogen and oxygen atoms in total. The normalized spacial score (nSPS) is 13.9. The van der Waals surface area contributed by atoms with Crippen molar-refractivity contribution < 1.29 is 0 Å². The molecule has 0 heterocycles.